The average Bonchev–Trinajstić information content (AvgIpc) is 2.30. The van der Waals surface area contributed by atoms with Crippen LogP contribution in [0, 0.1) is 5.92 Å². The highest BCUT2D eigenvalue weighted by molar-refractivity contribution is 5.49. The summed E-state index contributed by atoms with van der Waals surface area (Å²) in [6, 6.07) is 10.5. The van der Waals surface area contributed by atoms with Crippen molar-refractivity contribution in [2.75, 3.05) is 18.0 Å². The molecule has 1 unspecified atom stereocenters. The molecule has 1 aromatic carbocycles. The topological polar surface area (TPSA) is 29.3 Å². The lowest BCUT2D eigenvalue weighted by Crippen LogP contribution is -2.55. The molecule has 0 aliphatic heterocycles. The van der Waals surface area contributed by atoms with E-state index in [1.165, 1.54) is 5.69 Å². The van der Waals surface area contributed by atoms with Crippen LogP contribution in [0.15, 0.2) is 30.3 Å². The molecule has 2 nitrogen and oxygen atoms in total. The molecule has 0 aromatic heterocycles. The maximum atomic E-state index is 5.98. The Balaban J connectivity index is 3.06. The molecule has 0 spiro atoms. The van der Waals surface area contributed by atoms with Gasteiger partial charge in [-0.2, -0.15) is 0 Å². The minimum atomic E-state index is 0.0239. The van der Waals surface area contributed by atoms with Crippen LogP contribution in [-0.2, 0) is 0 Å². The van der Waals surface area contributed by atoms with Crippen molar-refractivity contribution >= 4 is 5.69 Å². The van der Waals surface area contributed by atoms with Gasteiger partial charge in [0.2, 0.25) is 0 Å². The van der Waals surface area contributed by atoms with Crippen LogP contribution in [0.3, 0.4) is 0 Å². The van der Waals surface area contributed by atoms with E-state index < -0.39 is 0 Å². The molecule has 0 saturated heterocycles. The predicted octanol–water partition coefficient (Wildman–Crippen LogP) is 2.89. The van der Waals surface area contributed by atoms with Gasteiger partial charge in [-0.1, -0.05) is 32.0 Å². The number of rotatable bonds is 5. The van der Waals surface area contributed by atoms with E-state index in [0.29, 0.717) is 12.5 Å². The summed E-state index contributed by atoms with van der Waals surface area (Å²) in [5.74, 6) is 0.526. The van der Waals surface area contributed by atoms with E-state index in [2.05, 4.69) is 56.9 Å². The molecule has 0 amide bonds. The molecule has 16 heavy (non-hydrogen) atoms. The molecule has 0 aliphatic carbocycles. The van der Waals surface area contributed by atoms with Crippen LogP contribution in [0.5, 0.6) is 0 Å². The summed E-state index contributed by atoms with van der Waals surface area (Å²) in [5.41, 5.74) is 7.26. The van der Waals surface area contributed by atoms with E-state index in [1.807, 2.05) is 6.07 Å². The minimum Gasteiger partial charge on any atom is -0.365 e. The van der Waals surface area contributed by atoms with Gasteiger partial charge in [-0.05, 0) is 31.9 Å². The van der Waals surface area contributed by atoms with E-state index in [4.69, 9.17) is 5.73 Å². The quantitative estimate of drug-likeness (QED) is 0.826. The number of hydrogen-bond donors (Lipinski definition) is 1. The number of likely N-dealkylation sites (N-methyl/N-ethyl adjacent to an activating group) is 1. The monoisotopic (exact) mass is 220 g/mol. The fourth-order valence-electron chi connectivity index (χ4n) is 2.10. The molecule has 0 heterocycles. The first kappa shape index (κ1) is 13.0. The second-order valence-electron chi connectivity index (χ2n) is 4.80. The first-order valence-electron chi connectivity index (χ1n) is 6.09. The van der Waals surface area contributed by atoms with Gasteiger partial charge in [0.05, 0.1) is 5.54 Å². The Hall–Kier alpha value is -1.02. The SMILES string of the molecule is CCN(c1ccccc1)C(C)(CN)C(C)C. The second-order valence-corrected chi connectivity index (χ2v) is 4.80. The fraction of sp³-hybridized carbons (Fsp3) is 0.571. The van der Waals surface area contributed by atoms with E-state index in [9.17, 15) is 0 Å². The van der Waals surface area contributed by atoms with Crippen molar-refractivity contribution in [3.8, 4) is 0 Å². The third-order valence-corrected chi connectivity index (χ3v) is 3.66. The summed E-state index contributed by atoms with van der Waals surface area (Å²) in [6.45, 7) is 10.6. The van der Waals surface area contributed by atoms with Gasteiger partial charge < -0.3 is 10.6 Å². The largest absolute Gasteiger partial charge is 0.365 e. The van der Waals surface area contributed by atoms with E-state index in [0.717, 1.165) is 6.54 Å². The maximum absolute atomic E-state index is 5.98. The molecular formula is C14H24N2. The third-order valence-electron chi connectivity index (χ3n) is 3.66. The maximum Gasteiger partial charge on any atom is 0.0518 e. The number of benzene rings is 1. The Kier molecular flexibility index (Phi) is 4.36. The van der Waals surface area contributed by atoms with E-state index in [-0.39, 0.29) is 5.54 Å². The Labute approximate surface area is 99.5 Å². The van der Waals surface area contributed by atoms with Crippen molar-refractivity contribution in [2.45, 2.75) is 33.2 Å². The molecule has 0 fully saturated rings. The third kappa shape index (κ3) is 2.38. The molecule has 2 N–H and O–H groups in total. The zero-order valence-electron chi connectivity index (χ0n) is 10.9. The van der Waals surface area contributed by atoms with Crippen molar-refractivity contribution in [2.24, 2.45) is 11.7 Å². The van der Waals surface area contributed by atoms with Crippen LogP contribution < -0.4 is 10.6 Å². The molecular weight excluding hydrogens is 196 g/mol. The lowest BCUT2D eigenvalue weighted by Gasteiger charge is -2.45. The first-order valence-corrected chi connectivity index (χ1v) is 6.09. The molecule has 0 radical (unpaired) electrons. The first-order chi connectivity index (χ1) is 7.56. The van der Waals surface area contributed by atoms with Gasteiger partial charge in [0.15, 0.2) is 0 Å². The molecule has 1 rings (SSSR count). The summed E-state index contributed by atoms with van der Waals surface area (Å²) >= 11 is 0. The molecule has 0 saturated carbocycles. The summed E-state index contributed by atoms with van der Waals surface area (Å²) in [4.78, 5) is 2.40. The van der Waals surface area contributed by atoms with Crippen LogP contribution in [0.1, 0.15) is 27.7 Å². The highest BCUT2D eigenvalue weighted by Crippen LogP contribution is 2.29. The van der Waals surface area contributed by atoms with Crippen LogP contribution in [-0.4, -0.2) is 18.6 Å². The summed E-state index contributed by atoms with van der Waals surface area (Å²) in [6.07, 6.45) is 0. The van der Waals surface area contributed by atoms with Crippen molar-refractivity contribution in [3.63, 3.8) is 0 Å². The van der Waals surface area contributed by atoms with Gasteiger partial charge in [-0.3, -0.25) is 0 Å². The van der Waals surface area contributed by atoms with Crippen molar-refractivity contribution in [1.82, 2.24) is 0 Å². The minimum absolute atomic E-state index is 0.0239. The molecule has 0 bridgehead atoms. The number of nitrogens with zero attached hydrogens (tertiary/aromatic N) is 1. The zero-order chi connectivity index (χ0) is 12.2. The Morgan fingerprint density at radius 2 is 1.81 bits per heavy atom. The Morgan fingerprint density at radius 1 is 1.25 bits per heavy atom. The van der Waals surface area contributed by atoms with Crippen molar-refractivity contribution in [1.29, 1.82) is 0 Å². The van der Waals surface area contributed by atoms with Crippen LogP contribution >= 0.6 is 0 Å². The van der Waals surface area contributed by atoms with Gasteiger partial charge in [0.1, 0.15) is 0 Å². The van der Waals surface area contributed by atoms with Gasteiger partial charge in [0, 0.05) is 18.8 Å². The van der Waals surface area contributed by atoms with Gasteiger partial charge in [-0.25, -0.2) is 0 Å². The Bertz CT molecular complexity index is 308. The molecule has 1 aromatic rings. The Morgan fingerprint density at radius 3 is 2.19 bits per heavy atom. The van der Waals surface area contributed by atoms with E-state index in [1.54, 1.807) is 0 Å². The summed E-state index contributed by atoms with van der Waals surface area (Å²) in [5, 5.41) is 0. The number of hydrogen-bond acceptors (Lipinski definition) is 2. The number of anilines is 1. The standard InChI is InChI=1S/C14H24N2/c1-5-16(13-9-7-6-8-10-13)14(4,11-15)12(2)3/h6-10,12H,5,11,15H2,1-4H3. The fourth-order valence-corrected chi connectivity index (χ4v) is 2.10. The average molecular weight is 220 g/mol. The molecule has 1 atom stereocenters. The summed E-state index contributed by atoms with van der Waals surface area (Å²) < 4.78 is 0. The summed E-state index contributed by atoms with van der Waals surface area (Å²) in [7, 11) is 0. The lowest BCUT2D eigenvalue weighted by atomic mass is 9.86. The molecule has 90 valence electrons. The normalized spacial score (nSPS) is 14.9. The number of nitrogens with two attached hydrogens (primary N) is 1. The zero-order valence-corrected chi connectivity index (χ0v) is 10.9. The van der Waals surface area contributed by atoms with Crippen LogP contribution in [0.2, 0.25) is 0 Å². The van der Waals surface area contributed by atoms with Gasteiger partial charge >= 0.3 is 0 Å². The number of para-hydroxylation sites is 1. The second kappa shape index (κ2) is 5.35. The highest BCUT2D eigenvalue weighted by Gasteiger charge is 2.32. The smallest absolute Gasteiger partial charge is 0.0518 e. The lowest BCUT2D eigenvalue weighted by molar-refractivity contribution is 0.322. The van der Waals surface area contributed by atoms with Crippen molar-refractivity contribution < 1.29 is 0 Å². The highest BCUT2D eigenvalue weighted by atomic mass is 15.2. The van der Waals surface area contributed by atoms with Crippen LogP contribution in [0.4, 0.5) is 5.69 Å². The molecule has 0 aliphatic rings. The van der Waals surface area contributed by atoms with Crippen molar-refractivity contribution in [3.05, 3.63) is 30.3 Å². The van der Waals surface area contributed by atoms with E-state index >= 15 is 0 Å². The van der Waals surface area contributed by atoms with Gasteiger partial charge in [-0.15, -0.1) is 0 Å². The molecule has 2 heteroatoms. The predicted molar refractivity (Wildman–Crippen MR) is 71.8 cm³/mol. The van der Waals surface area contributed by atoms with Crippen LogP contribution in [0.25, 0.3) is 0 Å². The van der Waals surface area contributed by atoms with Gasteiger partial charge in [0.25, 0.3) is 0 Å².